The van der Waals surface area contributed by atoms with E-state index >= 15 is 0 Å². The largest absolute Gasteiger partial charge is 0.478 e. The van der Waals surface area contributed by atoms with Crippen LogP contribution >= 0.6 is 0 Å². The number of aliphatic carboxylic acids is 1. The standard InChI is InChI=1S/C16H15NO3/c1-12-3-2-10-17(16(12)20)11-14-6-4-13(5-7-14)8-9-15(18)19/h2-10H,11H2,1H3,(H,18,19). The second-order valence-electron chi connectivity index (χ2n) is 4.54. The van der Waals surface area contributed by atoms with E-state index in [4.69, 9.17) is 5.11 Å². The van der Waals surface area contributed by atoms with Crippen LogP contribution in [0.5, 0.6) is 0 Å². The SMILES string of the molecule is Cc1cccn(Cc2ccc(C=CC(=O)O)cc2)c1=O. The zero-order valence-electron chi connectivity index (χ0n) is 11.1. The highest BCUT2D eigenvalue weighted by molar-refractivity contribution is 5.85. The van der Waals surface area contributed by atoms with E-state index in [9.17, 15) is 9.59 Å². The molecule has 0 spiro atoms. The Bertz CT molecular complexity index is 696. The van der Waals surface area contributed by atoms with Crippen molar-refractivity contribution in [2.75, 3.05) is 0 Å². The summed E-state index contributed by atoms with van der Waals surface area (Å²) in [5.74, 6) is -0.972. The van der Waals surface area contributed by atoms with Crippen molar-refractivity contribution in [3.63, 3.8) is 0 Å². The third-order valence-corrected chi connectivity index (χ3v) is 2.96. The molecule has 0 unspecified atom stereocenters. The van der Waals surface area contributed by atoms with Crippen LogP contribution in [0.25, 0.3) is 6.08 Å². The minimum absolute atomic E-state index is 0.00218. The van der Waals surface area contributed by atoms with Gasteiger partial charge < -0.3 is 9.67 Å². The number of nitrogens with zero attached hydrogens (tertiary/aromatic N) is 1. The van der Waals surface area contributed by atoms with Gasteiger partial charge in [0.15, 0.2) is 0 Å². The first-order valence-corrected chi connectivity index (χ1v) is 6.22. The van der Waals surface area contributed by atoms with Gasteiger partial charge in [0, 0.05) is 17.8 Å². The smallest absolute Gasteiger partial charge is 0.328 e. The molecule has 1 aromatic carbocycles. The number of carbonyl (C=O) groups is 1. The van der Waals surface area contributed by atoms with Gasteiger partial charge in [-0.15, -0.1) is 0 Å². The number of hydrogen-bond acceptors (Lipinski definition) is 2. The number of rotatable bonds is 4. The van der Waals surface area contributed by atoms with E-state index in [0.717, 1.165) is 17.2 Å². The molecule has 2 rings (SSSR count). The third-order valence-electron chi connectivity index (χ3n) is 2.96. The fourth-order valence-electron chi connectivity index (χ4n) is 1.88. The Balaban J connectivity index is 2.17. The van der Waals surface area contributed by atoms with Crippen molar-refractivity contribution in [2.24, 2.45) is 0 Å². The Morgan fingerprint density at radius 1 is 1.25 bits per heavy atom. The van der Waals surface area contributed by atoms with E-state index in [1.165, 1.54) is 6.08 Å². The molecule has 1 heterocycles. The lowest BCUT2D eigenvalue weighted by atomic mass is 10.1. The van der Waals surface area contributed by atoms with Crippen molar-refractivity contribution in [1.82, 2.24) is 4.57 Å². The number of carboxylic acids is 1. The quantitative estimate of drug-likeness (QED) is 0.866. The Morgan fingerprint density at radius 2 is 1.95 bits per heavy atom. The average Bonchev–Trinajstić information content (AvgIpc) is 2.43. The maximum absolute atomic E-state index is 11.9. The van der Waals surface area contributed by atoms with Crippen LogP contribution in [0.1, 0.15) is 16.7 Å². The van der Waals surface area contributed by atoms with E-state index < -0.39 is 5.97 Å². The lowest BCUT2D eigenvalue weighted by Gasteiger charge is -2.06. The van der Waals surface area contributed by atoms with Crippen LogP contribution in [0.15, 0.2) is 53.5 Å². The summed E-state index contributed by atoms with van der Waals surface area (Å²) in [5.41, 5.74) is 2.52. The Kier molecular flexibility index (Phi) is 4.15. The van der Waals surface area contributed by atoms with E-state index in [2.05, 4.69) is 0 Å². The van der Waals surface area contributed by atoms with Gasteiger partial charge in [-0.25, -0.2) is 4.79 Å². The molecule has 1 aromatic heterocycles. The van der Waals surface area contributed by atoms with Gasteiger partial charge in [-0.05, 0) is 30.2 Å². The van der Waals surface area contributed by atoms with Gasteiger partial charge >= 0.3 is 5.97 Å². The summed E-state index contributed by atoms with van der Waals surface area (Å²) < 4.78 is 1.65. The molecule has 4 heteroatoms. The third kappa shape index (κ3) is 3.45. The second-order valence-corrected chi connectivity index (χ2v) is 4.54. The number of carboxylic acid groups (broad SMARTS) is 1. The highest BCUT2D eigenvalue weighted by atomic mass is 16.4. The molecule has 1 N–H and O–H groups in total. The number of hydrogen-bond donors (Lipinski definition) is 1. The molecule has 0 fully saturated rings. The molecule has 4 nitrogen and oxygen atoms in total. The fourth-order valence-corrected chi connectivity index (χ4v) is 1.88. The summed E-state index contributed by atoms with van der Waals surface area (Å²) in [6.07, 6.45) is 4.39. The van der Waals surface area contributed by atoms with Gasteiger partial charge in [-0.3, -0.25) is 4.79 Å². The van der Waals surface area contributed by atoms with Crippen LogP contribution in [0.2, 0.25) is 0 Å². The summed E-state index contributed by atoms with van der Waals surface area (Å²) >= 11 is 0. The highest BCUT2D eigenvalue weighted by Gasteiger charge is 2.00. The van der Waals surface area contributed by atoms with Crippen LogP contribution in [0.3, 0.4) is 0 Å². The van der Waals surface area contributed by atoms with E-state index in [1.807, 2.05) is 30.3 Å². The van der Waals surface area contributed by atoms with Gasteiger partial charge in [0.2, 0.25) is 0 Å². The summed E-state index contributed by atoms with van der Waals surface area (Å²) in [6.45, 7) is 2.29. The van der Waals surface area contributed by atoms with Gasteiger partial charge in [-0.1, -0.05) is 30.3 Å². The number of benzene rings is 1. The van der Waals surface area contributed by atoms with Crippen LogP contribution in [-0.2, 0) is 11.3 Å². The van der Waals surface area contributed by atoms with Crippen LogP contribution in [0.4, 0.5) is 0 Å². The Hall–Kier alpha value is -2.62. The lowest BCUT2D eigenvalue weighted by molar-refractivity contribution is -0.131. The molecule has 2 aromatic rings. The van der Waals surface area contributed by atoms with Gasteiger partial charge in [0.1, 0.15) is 0 Å². The first kappa shape index (κ1) is 13.8. The molecular weight excluding hydrogens is 254 g/mol. The molecule has 102 valence electrons. The first-order valence-electron chi connectivity index (χ1n) is 6.22. The molecule has 0 saturated carbocycles. The molecule has 0 aliphatic heterocycles. The summed E-state index contributed by atoms with van der Waals surface area (Å²) in [4.78, 5) is 22.3. The van der Waals surface area contributed by atoms with Crippen molar-refractivity contribution >= 4 is 12.0 Å². The molecule has 0 amide bonds. The average molecular weight is 269 g/mol. The molecule has 0 atom stereocenters. The fraction of sp³-hybridized carbons (Fsp3) is 0.125. The van der Waals surface area contributed by atoms with Crippen molar-refractivity contribution < 1.29 is 9.90 Å². The summed E-state index contributed by atoms with van der Waals surface area (Å²) in [6, 6.07) is 11.1. The molecule has 0 aliphatic carbocycles. The zero-order chi connectivity index (χ0) is 14.5. The normalized spacial score (nSPS) is 10.8. The van der Waals surface area contributed by atoms with Gasteiger partial charge in [0.05, 0.1) is 6.54 Å². The van der Waals surface area contributed by atoms with Crippen LogP contribution in [0, 0.1) is 6.92 Å². The van der Waals surface area contributed by atoms with Crippen LogP contribution < -0.4 is 5.56 Å². The molecule has 0 radical (unpaired) electrons. The second kappa shape index (κ2) is 6.02. The Morgan fingerprint density at radius 3 is 2.60 bits per heavy atom. The topological polar surface area (TPSA) is 59.3 Å². The summed E-state index contributed by atoms with van der Waals surface area (Å²) in [5, 5.41) is 8.56. The minimum Gasteiger partial charge on any atom is -0.478 e. The number of pyridine rings is 1. The van der Waals surface area contributed by atoms with Crippen molar-refractivity contribution in [3.8, 4) is 0 Å². The zero-order valence-corrected chi connectivity index (χ0v) is 11.1. The molecule has 0 bridgehead atoms. The monoisotopic (exact) mass is 269 g/mol. The van der Waals surface area contributed by atoms with Gasteiger partial charge in [-0.2, -0.15) is 0 Å². The molecule has 20 heavy (non-hydrogen) atoms. The maximum atomic E-state index is 11.9. The van der Waals surface area contributed by atoms with Crippen molar-refractivity contribution in [1.29, 1.82) is 0 Å². The number of aryl methyl sites for hydroxylation is 1. The lowest BCUT2D eigenvalue weighted by Crippen LogP contribution is -2.21. The van der Waals surface area contributed by atoms with Crippen molar-refractivity contribution in [3.05, 3.63) is 75.7 Å². The van der Waals surface area contributed by atoms with Crippen LogP contribution in [-0.4, -0.2) is 15.6 Å². The first-order chi connectivity index (χ1) is 9.56. The van der Waals surface area contributed by atoms with E-state index in [1.54, 1.807) is 23.8 Å². The Labute approximate surface area is 116 Å². The van der Waals surface area contributed by atoms with E-state index in [-0.39, 0.29) is 5.56 Å². The predicted octanol–water partition coefficient (Wildman–Crippen LogP) is 2.30. The van der Waals surface area contributed by atoms with Crippen molar-refractivity contribution in [2.45, 2.75) is 13.5 Å². The van der Waals surface area contributed by atoms with Gasteiger partial charge in [0.25, 0.3) is 5.56 Å². The molecule has 0 saturated heterocycles. The highest BCUT2D eigenvalue weighted by Crippen LogP contribution is 2.07. The molecule has 0 aliphatic rings. The minimum atomic E-state index is -0.972. The summed E-state index contributed by atoms with van der Waals surface area (Å²) in [7, 11) is 0. The van der Waals surface area contributed by atoms with E-state index in [0.29, 0.717) is 12.1 Å². The maximum Gasteiger partial charge on any atom is 0.328 e. The molecular formula is C16H15NO3. The number of aromatic nitrogens is 1. The predicted molar refractivity (Wildman–Crippen MR) is 77.7 cm³/mol.